The first-order valence-electron chi connectivity index (χ1n) is 14.3. The highest BCUT2D eigenvalue weighted by Crippen LogP contribution is 2.31. The van der Waals surface area contributed by atoms with Gasteiger partial charge in [0.15, 0.2) is 0 Å². The minimum absolute atomic E-state index is 0.0500. The molecule has 6 heteroatoms. The molecule has 6 nitrogen and oxygen atoms in total. The Morgan fingerprint density at radius 1 is 0.800 bits per heavy atom. The topological polar surface area (TPSA) is 57.6 Å². The van der Waals surface area contributed by atoms with Gasteiger partial charge in [-0.05, 0) is 85.4 Å². The molecule has 0 radical (unpaired) electrons. The third kappa shape index (κ3) is 5.32. The van der Waals surface area contributed by atoms with Crippen molar-refractivity contribution in [2.75, 3.05) is 31.1 Å². The predicted octanol–water partition coefficient (Wildman–Crippen LogP) is 5.89. The molecule has 1 N–H and O–H groups in total. The molecule has 2 aliphatic heterocycles. The summed E-state index contributed by atoms with van der Waals surface area (Å²) in [5, 5.41) is 3.13. The van der Waals surface area contributed by atoms with E-state index < -0.39 is 0 Å². The zero-order valence-electron chi connectivity index (χ0n) is 23.1. The van der Waals surface area contributed by atoms with Crippen LogP contribution in [0.5, 0.6) is 0 Å². The second-order valence-electron chi connectivity index (χ2n) is 10.9. The molecule has 0 atom stereocenters. The van der Waals surface area contributed by atoms with E-state index in [-0.39, 0.29) is 11.8 Å². The molecule has 0 spiro atoms. The lowest BCUT2D eigenvalue weighted by Gasteiger charge is -2.26. The number of nitrogens with zero attached hydrogens (tertiary/aromatic N) is 3. The molecule has 2 amide bonds. The zero-order chi connectivity index (χ0) is 27.5. The average molecular weight is 533 g/mol. The lowest BCUT2D eigenvalue weighted by Crippen LogP contribution is -2.38. The lowest BCUT2D eigenvalue weighted by molar-refractivity contribution is 0.0937. The van der Waals surface area contributed by atoms with E-state index >= 15 is 0 Å². The van der Waals surface area contributed by atoms with Crippen LogP contribution in [0.2, 0.25) is 0 Å². The van der Waals surface area contributed by atoms with E-state index in [1.54, 1.807) is 0 Å². The second kappa shape index (κ2) is 11.5. The number of benzene rings is 3. The molecule has 4 aromatic rings. The Bertz CT molecular complexity index is 1520. The molecule has 1 aromatic heterocycles. The van der Waals surface area contributed by atoms with Gasteiger partial charge in [0.25, 0.3) is 11.8 Å². The van der Waals surface area contributed by atoms with Crippen molar-refractivity contribution in [2.45, 2.75) is 39.3 Å². The number of nitrogens with one attached hydrogen (secondary N) is 1. The number of hydrogen-bond donors (Lipinski definition) is 1. The van der Waals surface area contributed by atoms with E-state index in [4.69, 9.17) is 0 Å². The molecular formula is C34H36N4O2. The van der Waals surface area contributed by atoms with Crippen LogP contribution in [-0.4, -0.2) is 47.5 Å². The van der Waals surface area contributed by atoms with Gasteiger partial charge in [-0.3, -0.25) is 9.59 Å². The van der Waals surface area contributed by atoms with Crippen molar-refractivity contribution in [2.24, 2.45) is 0 Å². The van der Waals surface area contributed by atoms with Crippen LogP contribution in [0.4, 0.5) is 5.69 Å². The zero-order valence-corrected chi connectivity index (χ0v) is 23.1. The van der Waals surface area contributed by atoms with E-state index in [0.717, 1.165) is 42.1 Å². The highest BCUT2D eigenvalue weighted by molar-refractivity contribution is 6.07. The summed E-state index contributed by atoms with van der Waals surface area (Å²) in [6, 6.07) is 28.0. The van der Waals surface area contributed by atoms with Crippen molar-refractivity contribution < 1.29 is 9.59 Å². The van der Waals surface area contributed by atoms with Gasteiger partial charge >= 0.3 is 0 Å². The molecule has 0 bridgehead atoms. The van der Waals surface area contributed by atoms with Crippen LogP contribution in [0.15, 0.2) is 84.9 Å². The van der Waals surface area contributed by atoms with Crippen molar-refractivity contribution in [1.29, 1.82) is 0 Å². The highest BCUT2D eigenvalue weighted by Gasteiger charge is 2.27. The van der Waals surface area contributed by atoms with Crippen molar-refractivity contribution in [3.8, 4) is 11.1 Å². The molecular weight excluding hydrogens is 496 g/mol. The maximum atomic E-state index is 13.9. The van der Waals surface area contributed by atoms with Crippen LogP contribution < -0.4 is 10.2 Å². The quantitative estimate of drug-likeness (QED) is 0.337. The van der Waals surface area contributed by atoms with Gasteiger partial charge < -0.3 is 19.7 Å². The van der Waals surface area contributed by atoms with Gasteiger partial charge in [0.2, 0.25) is 0 Å². The summed E-state index contributed by atoms with van der Waals surface area (Å²) in [5.74, 6) is -0.113. The molecule has 40 heavy (non-hydrogen) atoms. The van der Waals surface area contributed by atoms with Crippen molar-refractivity contribution in [3.05, 3.63) is 113 Å². The second-order valence-corrected chi connectivity index (χ2v) is 10.9. The monoisotopic (exact) mass is 532 g/mol. The summed E-state index contributed by atoms with van der Waals surface area (Å²) >= 11 is 0. The van der Waals surface area contributed by atoms with Gasteiger partial charge in [-0.1, -0.05) is 61.0 Å². The third-order valence-corrected chi connectivity index (χ3v) is 8.23. The number of piperidine rings is 1. The minimum Gasteiger partial charge on any atom is -0.349 e. The molecule has 204 valence electrons. The molecule has 0 aliphatic carbocycles. The fourth-order valence-electron chi connectivity index (χ4n) is 5.99. The number of hydrogen-bond acceptors (Lipinski definition) is 3. The van der Waals surface area contributed by atoms with Gasteiger partial charge in [-0.25, -0.2) is 0 Å². The summed E-state index contributed by atoms with van der Waals surface area (Å²) in [6.07, 6.45) is 3.79. The van der Waals surface area contributed by atoms with Gasteiger partial charge in [0.05, 0.1) is 13.1 Å². The highest BCUT2D eigenvalue weighted by atomic mass is 16.2. The predicted molar refractivity (Wildman–Crippen MR) is 160 cm³/mol. The Hall–Kier alpha value is -4.16. The van der Waals surface area contributed by atoms with Crippen molar-refractivity contribution in [1.82, 2.24) is 14.8 Å². The Morgan fingerprint density at radius 2 is 1.55 bits per heavy atom. The number of aryl methyl sites for hydroxylation is 1. The number of carbonyl (C=O) groups is 2. The number of amides is 2. The van der Waals surface area contributed by atoms with Gasteiger partial charge in [0.1, 0.15) is 5.69 Å². The Labute approximate surface area is 236 Å². The fourth-order valence-corrected chi connectivity index (χ4v) is 5.99. The van der Waals surface area contributed by atoms with Crippen LogP contribution in [0, 0.1) is 6.92 Å². The first kappa shape index (κ1) is 26.1. The first-order valence-corrected chi connectivity index (χ1v) is 14.3. The summed E-state index contributed by atoms with van der Waals surface area (Å²) in [7, 11) is 0. The average Bonchev–Trinajstić information content (AvgIpc) is 3.31. The van der Waals surface area contributed by atoms with Crippen molar-refractivity contribution in [3.63, 3.8) is 0 Å². The van der Waals surface area contributed by atoms with Crippen LogP contribution in [-0.2, 0) is 13.1 Å². The van der Waals surface area contributed by atoms with E-state index in [9.17, 15) is 9.59 Å². The molecule has 3 heterocycles. The Balaban J connectivity index is 1.22. The maximum absolute atomic E-state index is 13.9. The van der Waals surface area contributed by atoms with E-state index in [2.05, 4.69) is 33.8 Å². The van der Waals surface area contributed by atoms with Crippen LogP contribution in [0.3, 0.4) is 0 Å². The molecule has 6 rings (SSSR count). The first-order chi connectivity index (χ1) is 19.6. The largest absolute Gasteiger partial charge is 0.349 e. The number of aromatic nitrogens is 1. The molecule has 2 aliphatic rings. The minimum atomic E-state index is -0.0627. The van der Waals surface area contributed by atoms with Crippen LogP contribution in [0.1, 0.15) is 56.9 Å². The molecule has 1 fully saturated rings. The number of carbonyl (C=O) groups excluding carboxylic acids is 2. The summed E-state index contributed by atoms with van der Waals surface area (Å²) in [6.45, 7) is 6.80. The van der Waals surface area contributed by atoms with Crippen LogP contribution >= 0.6 is 0 Å². The van der Waals surface area contributed by atoms with Gasteiger partial charge in [0, 0.05) is 30.0 Å². The summed E-state index contributed by atoms with van der Waals surface area (Å²) in [4.78, 5) is 31.4. The fraction of sp³-hybridized carbons (Fsp3) is 0.294. The molecule has 0 unspecified atom stereocenters. The van der Waals surface area contributed by atoms with E-state index in [0.29, 0.717) is 30.9 Å². The number of rotatable bonds is 6. The van der Waals surface area contributed by atoms with Gasteiger partial charge in [-0.2, -0.15) is 0 Å². The molecule has 0 saturated carbocycles. The lowest BCUT2D eigenvalue weighted by atomic mass is 9.99. The molecule has 3 aromatic carbocycles. The van der Waals surface area contributed by atoms with Crippen molar-refractivity contribution >= 4 is 17.5 Å². The Kier molecular flexibility index (Phi) is 7.51. The summed E-state index contributed by atoms with van der Waals surface area (Å²) < 4.78 is 2.06. The Morgan fingerprint density at radius 3 is 2.35 bits per heavy atom. The number of para-hydroxylation sites is 1. The number of fused-ring (bicyclic) bond motifs is 2. The SMILES string of the molecule is Cc1ccccc1-c1ccc(C(=O)N2Cc3ccc(C(=O)NCCN4CCCCC4)n3Cc3ccccc32)cc1. The number of anilines is 1. The van der Waals surface area contributed by atoms with Crippen LogP contribution in [0.25, 0.3) is 11.1 Å². The normalized spacial score (nSPS) is 15.2. The van der Waals surface area contributed by atoms with Gasteiger partial charge in [-0.15, -0.1) is 0 Å². The van der Waals surface area contributed by atoms with E-state index in [1.807, 2.05) is 77.7 Å². The number of likely N-dealkylation sites (tertiary alicyclic amines) is 1. The van der Waals surface area contributed by atoms with E-state index in [1.165, 1.54) is 30.4 Å². The maximum Gasteiger partial charge on any atom is 0.267 e. The smallest absolute Gasteiger partial charge is 0.267 e. The molecule has 1 saturated heterocycles. The summed E-state index contributed by atoms with van der Waals surface area (Å²) in [5.41, 5.74) is 7.60. The third-order valence-electron chi connectivity index (χ3n) is 8.23. The standard InChI is InChI=1S/C34H36N4O2/c1-25-9-3-5-11-30(25)26-13-15-27(16-14-26)34(40)38-24-29-17-18-32(37(29)23-28-10-4-6-12-31(28)38)33(39)35-19-22-36-20-7-2-8-21-36/h3-6,9-18H,2,7-8,19-24H2,1H3,(H,35,39).